The van der Waals surface area contributed by atoms with Gasteiger partial charge in [0.05, 0.1) is 18.3 Å². The Hall–Kier alpha value is -3.08. The first-order chi connectivity index (χ1) is 13.2. The van der Waals surface area contributed by atoms with Crippen molar-refractivity contribution in [2.45, 2.75) is 31.2 Å². The fourth-order valence-electron chi connectivity index (χ4n) is 2.65. The molecule has 2 N–H and O–H groups in total. The number of halogens is 3. The molecule has 3 heterocycles. The van der Waals surface area contributed by atoms with E-state index in [4.69, 9.17) is 9.90 Å². The molecule has 0 spiro atoms. The minimum atomic E-state index is -5.08. The van der Waals surface area contributed by atoms with Crippen LogP contribution in [-0.4, -0.2) is 66.8 Å². The largest absolute Gasteiger partial charge is 0.490 e. The number of hydrogen-bond acceptors (Lipinski definition) is 6. The van der Waals surface area contributed by atoms with E-state index in [-0.39, 0.29) is 11.9 Å². The maximum absolute atomic E-state index is 12.5. The van der Waals surface area contributed by atoms with Crippen molar-refractivity contribution in [3.8, 4) is 0 Å². The van der Waals surface area contributed by atoms with Gasteiger partial charge in [-0.1, -0.05) is 6.07 Å². The summed E-state index contributed by atoms with van der Waals surface area (Å²) in [6, 6.07) is 3.55. The summed E-state index contributed by atoms with van der Waals surface area (Å²) in [5, 5.41) is 17.3. The van der Waals surface area contributed by atoms with Crippen molar-refractivity contribution < 1.29 is 33.0 Å². The maximum Gasteiger partial charge on any atom is 0.490 e. The first-order valence-corrected chi connectivity index (χ1v) is 8.14. The van der Waals surface area contributed by atoms with Gasteiger partial charge in [-0.25, -0.2) is 9.78 Å². The third kappa shape index (κ3) is 5.71. The van der Waals surface area contributed by atoms with Gasteiger partial charge in [-0.3, -0.25) is 14.8 Å². The van der Waals surface area contributed by atoms with E-state index in [0.717, 1.165) is 5.56 Å². The number of aliphatic hydroxyl groups is 1. The molecule has 28 heavy (non-hydrogen) atoms. The summed E-state index contributed by atoms with van der Waals surface area (Å²) in [7, 11) is 0. The van der Waals surface area contributed by atoms with Crippen LogP contribution in [0.5, 0.6) is 0 Å². The first kappa shape index (κ1) is 21.2. The second kappa shape index (κ2) is 9.22. The number of aromatic nitrogens is 3. The zero-order chi connectivity index (χ0) is 20.7. The molecule has 1 saturated heterocycles. The average Bonchev–Trinajstić information content (AvgIpc) is 3.03. The Kier molecular flexibility index (Phi) is 6.99. The molecule has 11 heteroatoms. The predicted molar refractivity (Wildman–Crippen MR) is 89.1 cm³/mol. The number of aliphatic hydroxyl groups excluding tert-OH is 1. The van der Waals surface area contributed by atoms with E-state index in [0.29, 0.717) is 25.1 Å². The Labute approximate surface area is 157 Å². The monoisotopic (exact) mass is 398 g/mol. The summed E-state index contributed by atoms with van der Waals surface area (Å²) in [6.45, 7) is 0.529. The van der Waals surface area contributed by atoms with Crippen LogP contribution in [-0.2, 0) is 11.2 Å². The summed E-state index contributed by atoms with van der Waals surface area (Å²) in [5.74, 6) is -2.94. The molecule has 0 radical (unpaired) electrons. The number of alkyl halides is 3. The molecule has 1 aliphatic heterocycles. The van der Waals surface area contributed by atoms with Gasteiger partial charge in [0.25, 0.3) is 5.91 Å². The summed E-state index contributed by atoms with van der Waals surface area (Å²) >= 11 is 0. The molecular weight excluding hydrogens is 381 g/mol. The molecule has 2 aromatic rings. The van der Waals surface area contributed by atoms with Crippen molar-refractivity contribution in [1.29, 1.82) is 0 Å². The van der Waals surface area contributed by atoms with Crippen molar-refractivity contribution in [2.75, 3.05) is 6.54 Å². The lowest BCUT2D eigenvalue weighted by Crippen LogP contribution is -2.41. The minimum absolute atomic E-state index is 0.187. The number of likely N-dealkylation sites (tertiary alicyclic amines) is 1. The second-order valence-corrected chi connectivity index (χ2v) is 5.88. The number of carboxylic acids is 1. The highest BCUT2D eigenvalue weighted by atomic mass is 19.4. The molecule has 3 rings (SSSR count). The predicted octanol–water partition coefficient (Wildman–Crippen LogP) is 1.32. The zero-order valence-electron chi connectivity index (χ0n) is 14.5. The fourth-order valence-corrected chi connectivity index (χ4v) is 2.65. The fraction of sp³-hybridized carbons (Fsp3) is 0.353. The highest BCUT2D eigenvalue weighted by Crippen LogP contribution is 2.23. The molecule has 0 aliphatic carbocycles. The second-order valence-electron chi connectivity index (χ2n) is 5.88. The summed E-state index contributed by atoms with van der Waals surface area (Å²) in [4.78, 5) is 35.1. The van der Waals surface area contributed by atoms with Crippen LogP contribution in [0, 0.1) is 0 Å². The van der Waals surface area contributed by atoms with Gasteiger partial charge >= 0.3 is 12.1 Å². The number of carbonyl (C=O) groups is 2. The van der Waals surface area contributed by atoms with E-state index in [1.807, 2.05) is 12.1 Å². The van der Waals surface area contributed by atoms with Gasteiger partial charge in [0, 0.05) is 31.3 Å². The van der Waals surface area contributed by atoms with Gasteiger partial charge in [-0.15, -0.1) is 0 Å². The molecule has 2 aromatic heterocycles. The standard InChI is InChI=1S/C15H16N4O2.C2HF3O2/c20-14-3-7-19(15(21)12-10-17-5-6-18-12)13(14)8-11-2-1-4-16-9-11;3-2(4,5)1(6)7/h1-2,4-6,9-10,13-14,20H,3,7-8H2;(H,6,7)/t13-,14-;/m0./s1. The Bertz CT molecular complexity index is 790. The number of carbonyl (C=O) groups excluding carboxylic acids is 1. The van der Waals surface area contributed by atoms with Crippen molar-refractivity contribution in [1.82, 2.24) is 19.9 Å². The highest BCUT2D eigenvalue weighted by Gasteiger charge is 2.38. The molecule has 0 bridgehead atoms. The summed E-state index contributed by atoms with van der Waals surface area (Å²) in [5.41, 5.74) is 1.31. The van der Waals surface area contributed by atoms with E-state index >= 15 is 0 Å². The van der Waals surface area contributed by atoms with Crippen LogP contribution in [0.4, 0.5) is 13.2 Å². The molecule has 2 atom stereocenters. The van der Waals surface area contributed by atoms with E-state index in [1.165, 1.54) is 18.6 Å². The quantitative estimate of drug-likeness (QED) is 0.801. The number of amides is 1. The molecule has 1 aliphatic rings. The van der Waals surface area contributed by atoms with E-state index in [2.05, 4.69) is 15.0 Å². The van der Waals surface area contributed by atoms with Crippen molar-refractivity contribution in [3.05, 3.63) is 54.4 Å². The SMILES string of the molecule is O=C(O)C(F)(F)F.O=C(c1cnccn1)N1CC[C@H](O)[C@@H]1Cc1cccnc1. The molecular formula is C17H17F3N4O4. The van der Waals surface area contributed by atoms with Crippen LogP contribution < -0.4 is 0 Å². The van der Waals surface area contributed by atoms with E-state index in [9.17, 15) is 23.1 Å². The van der Waals surface area contributed by atoms with Crippen LogP contribution >= 0.6 is 0 Å². The first-order valence-electron chi connectivity index (χ1n) is 8.14. The normalized spacial score (nSPS) is 18.9. The van der Waals surface area contributed by atoms with Gasteiger partial charge < -0.3 is 15.1 Å². The number of rotatable bonds is 3. The Morgan fingerprint density at radius 2 is 1.86 bits per heavy atom. The summed E-state index contributed by atoms with van der Waals surface area (Å²) < 4.78 is 31.7. The molecule has 150 valence electrons. The topological polar surface area (TPSA) is 117 Å². The van der Waals surface area contributed by atoms with E-state index < -0.39 is 18.2 Å². The van der Waals surface area contributed by atoms with Gasteiger partial charge in [0.1, 0.15) is 5.69 Å². The number of hydrogen-bond donors (Lipinski definition) is 2. The van der Waals surface area contributed by atoms with Crippen molar-refractivity contribution in [2.24, 2.45) is 0 Å². The van der Waals surface area contributed by atoms with Crippen molar-refractivity contribution >= 4 is 11.9 Å². The third-order valence-corrected chi connectivity index (χ3v) is 3.96. The molecule has 0 aromatic carbocycles. The minimum Gasteiger partial charge on any atom is -0.475 e. The van der Waals surface area contributed by atoms with Crippen LogP contribution in [0.15, 0.2) is 43.1 Å². The summed E-state index contributed by atoms with van der Waals surface area (Å²) in [6.07, 6.45) is 3.50. The van der Waals surface area contributed by atoms with Gasteiger partial charge in [-0.05, 0) is 24.5 Å². The Morgan fingerprint density at radius 3 is 2.39 bits per heavy atom. The van der Waals surface area contributed by atoms with Gasteiger partial charge in [0.15, 0.2) is 0 Å². The number of nitrogens with zero attached hydrogens (tertiary/aromatic N) is 4. The van der Waals surface area contributed by atoms with Crippen LogP contribution in [0.2, 0.25) is 0 Å². The lowest BCUT2D eigenvalue weighted by molar-refractivity contribution is -0.192. The van der Waals surface area contributed by atoms with Crippen molar-refractivity contribution in [3.63, 3.8) is 0 Å². The molecule has 1 amide bonds. The maximum atomic E-state index is 12.5. The molecule has 1 fully saturated rings. The zero-order valence-corrected chi connectivity index (χ0v) is 14.5. The van der Waals surface area contributed by atoms with E-state index in [1.54, 1.807) is 17.3 Å². The van der Waals surface area contributed by atoms with Gasteiger partial charge in [0.2, 0.25) is 0 Å². The molecule has 8 nitrogen and oxygen atoms in total. The van der Waals surface area contributed by atoms with Gasteiger partial charge in [-0.2, -0.15) is 13.2 Å². The third-order valence-electron chi connectivity index (χ3n) is 3.96. The smallest absolute Gasteiger partial charge is 0.475 e. The number of pyridine rings is 1. The number of carboxylic acid groups (broad SMARTS) is 1. The van der Waals surface area contributed by atoms with Crippen LogP contribution in [0.3, 0.4) is 0 Å². The molecule has 0 unspecified atom stereocenters. The highest BCUT2D eigenvalue weighted by molar-refractivity contribution is 5.92. The Balaban J connectivity index is 0.000000345. The van der Waals surface area contributed by atoms with Crippen LogP contribution in [0.1, 0.15) is 22.5 Å². The Morgan fingerprint density at radius 1 is 1.18 bits per heavy atom. The number of aliphatic carboxylic acids is 1. The lowest BCUT2D eigenvalue weighted by atomic mass is 10.0. The van der Waals surface area contributed by atoms with Crippen LogP contribution in [0.25, 0.3) is 0 Å². The lowest BCUT2D eigenvalue weighted by Gasteiger charge is -2.26. The molecule has 0 saturated carbocycles. The average molecular weight is 398 g/mol.